The zero-order chi connectivity index (χ0) is 15.0. The lowest BCUT2D eigenvalue weighted by atomic mass is 10.1. The summed E-state index contributed by atoms with van der Waals surface area (Å²) in [4.78, 5) is 2.39. The van der Waals surface area contributed by atoms with Gasteiger partial charge in [-0.05, 0) is 57.0 Å². The van der Waals surface area contributed by atoms with E-state index in [-0.39, 0.29) is 0 Å². The van der Waals surface area contributed by atoms with Crippen LogP contribution in [0.15, 0.2) is 18.2 Å². The highest BCUT2D eigenvalue weighted by Gasteiger charge is 2.13. The molecule has 0 aromatic heterocycles. The number of methoxy groups -OCH3 is 1. The van der Waals surface area contributed by atoms with Crippen molar-refractivity contribution in [2.24, 2.45) is 0 Å². The van der Waals surface area contributed by atoms with Gasteiger partial charge in [0.2, 0.25) is 0 Å². The highest BCUT2D eigenvalue weighted by atomic mass is 16.5. The largest absolute Gasteiger partial charge is 0.383 e. The number of anilines is 1. The Morgan fingerprint density at radius 1 is 1.30 bits per heavy atom. The van der Waals surface area contributed by atoms with Gasteiger partial charge in [-0.3, -0.25) is 0 Å². The Balaban J connectivity index is 2.78. The predicted octanol–water partition coefficient (Wildman–Crippen LogP) is 3.36. The minimum Gasteiger partial charge on any atom is -0.383 e. The summed E-state index contributed by atoms with van der Waals surface area (Å²) in [5, 5.41) is 3.46. The van der Waals surface area contributed by atoms with Crippen LogP contribution in [-0.2, 0) is 11.3 Å². The van der Waals surface area contributed by atoms with E-state index in [2.05, 4.69) is 56.1 Å². The molecule has 0 heterocycles. The van der Waals surface area contributed by atoms with Crippen molar-refractivity contribution in [2.75, 3.05) is 31.7 Å². The molecule has 0 amide bonds. The SMILES string of the molecule is CCCNCc1ccc(N(CC)C(C)COC)cc1C. The van der Waals surface area contributed by atoms with Gasteiger partial charge in [0, 0.05) is 31.9 Å². The van der Waals surface area contributed by atoms with E-state index in [0.29, 0.717) is 6.04 Å². The van der Waals surface area contributed by atoms with Gasteiger partial charge in [0.15, 0.2) is 0 Å². The van der Waals surface area contributed by atoms with E-state index in [1.165, 1.54) is 23.2 Å². The second-order valence-corrected chi connectivity index (χ2v) is 5.38. The molecule has 0 spiro atoms. The normalized spacial score (nSPS) is 12.4. The molecule has 0 radical (unpaired) electrons. The van der Waals surface area contributed by atoms with Gasteiger partial charge in [0.25, 0.3) is 0 Å². The van der Waals surface area contributed by atoms with Crippen molar-refractivity contribution in [3.05, 3.63) is 29.3 Å². The van der Waals surface area contributed by atoms with Crippen molar-refractivity contribution in [1.29, 1.82) is 0 Å². The molecular formula is C17H30N2O. The molecule has 0 saturated carbocycles. The molecule has 20 heavy (non-hydrogen) atoms. The van der Waals surface area contributed by atoms with E-state index in [0.717, 1.165) is 26.2 Å². The van der Waals surface area contributed by atoms with Crippen LogP contribution in [0.5, 0.6) is 0 Å². The molecule has 1 unspecified atom stereocenters. The van der Waals surface area contributed by atoms with Crippen LogP contribution < -0.4 is 10.2 Å². The van der Waals surface area contributed by atoms with Crippen LogP contribution >= 0.6 is 0 Å². The van der Waals surface area contributed by atoms with Crippen molar-refractivity contribution >= 4 is 5.69 Å². The molecule has 114 valence electrons. The van der Waals surface area contributed by atoms with Crippen molar-refractivity contribution in [1.82, 2.24) is 5.32 Å². The van der Waals surface area contributed by atoms with Crippen LogP contribution in [0, 0.1) is 6.92 Å². The number of hydrogen-bond acceptors (Lipinski definition) is 3. The Morgan fingerprint density at radius 2 is 2.05 bits per heavy atom. The first kappa shape index (κ1) is 17.0. The molecule has 0 aliphatic rings. The second-order valence-electron chi connectivity index (χ2n) is 5.38. The lowest BCUT2D eigenvalue weighted by Crippen LogP contribution is -2.36. The Morgan fingerprint density at radius 3 is 2.60 bits per heavy atom. The number of aryl methyl sites for hydroxylation is 1. The van der Waals surface area contributed by atoms with Crippen LogP contribution in [0.1, 0.15) is 38.3 Å². The fourth-order valence-corrected chi connectivity index (χ4v) is 2.54. The number of benzene rings is 1. The topological polar surface area (TPSA) is 24.5 Å². The van der Waals surface area contributed by atoms with E-state index in [4.69, 9.17) is 4.74 Å². The molecule has 1 aromatic rings. The summed E-state index contributed by atoms with van der Waals surface area (Å²) in [6, 6.07) is 7.16. The summed E-state index contributed by atoms with van der Waals surface area (Å²) >= 11 is 0. The number of likely N-dealkylation sites (N-methyl/N-ethyl adjacent to an activating group) is 1. The average molecular weight is 278 g/mol. The Hall–Kier alpha value is -1.06. The summed E-state index contributed by atoms with van der Waals surface area (Å²) in [6.07, 6.45) is 1.18. The van der Waals surface area contributed by atoms with E-state index in [1.807, 2.05) is 0 Å². The number of nitrogens with one attached hydrogen (secondary N) is 1. The predicted molar refractivity (Wildman–Crippen MR) is 87.5 cm³/mol. The maximum atomic E-state index is 5.28. The fraction of sp³-hybridized carbons (Fsp3) is 0.647. The lowest BCUT2D eigenvalue weighted by Gasteiger charge is -2.30. The summed E-state index contributed by atoms with van der Waals surface area (Å²) in [5.74, 6) is 0. The van der Waals surface area contributed by atoms with Gasteiger partial charge < -0.3 is 15.0 Å². The zero-order valence-electron chi connectivity index (χ0n) is 13.7. The highest BCUT2D eigenvalue weighted by Crippen LogP contribution is 2.21. The maximum absolute atomic E-state index is 5.28. The summed E-state index contributed by atoms with van der Waals surface area (Å²) < 4.78 is 5.28. The number of nitrogens with zero attached hydrogens (tertiary/aromatic N) is 1. The van der Waals surface area contributed by atoms with Crippen LogP contribution in [0.3, 0.4) is 0 Å². The fourth-order valence-electron chi connectivity index (χ4n) is 2.54. The van der Waals surface area contributed by atoms with Crippen LogP contribution in [-0.4, -0.2) is 32.8 Å². The molecule has 3 heteroatoms. The Labute approximate surface area is 124 Å². The Kier molecular flexibility index (Phi) is 7.63. The van der Waals surface area contributed by atoms with Gasteiger partial charge in [-0.15, -0.1) is 0 Å². The van der Waals surface area contributed by atoms with E-state index in [1.54, 1.807) is 7.11 Å². The molecule has 1 rings (SSSR count). The third-order valence-electron chi connectivity index (χ3n) is 3.68. The molecule has 0 fully saturated rings. The molecule has 0 aliphatic heterocycles. The first-order valence-electron chi connectivity index (χ1n) is 7.69. The van der Waals surface area contributed by atoms with Gasteiger partial charge in [-0.2, -0.15) is 0 Å². The third kappa shape index (κ3) is 4.80. The molecule has 1 atom stereocenters. The molecule has 0 bridgehead atoms. The smallest absolute Gasteiger partial charge is 0.0663 e. The minimum absolute atomic E-state index is 0.397. The van der Waals surface area contributed by atoms with Gasteiger partial charge in [-0.25, -0.2) is 0 Å². The zero-order valence-corrected chi connectivity index (χ0v) is 13.7. The van der Waals surface area contributed by atoms with Crippen molar-refractivity contribution in [2.45, 2.75) is 46.7 Å². The molecule has 0 aliphatic carbocycles. The first-order chi connectivity index (χ1) is 9.63. The standard InChI is InChI=1S/C17H30N2O/c1-6-10-18-12-16-8-9-17(11-14(16)3)19(7-2)15(4)13-20-5/h8-9,11,15,18H,6-7,10,12-13H2,1-5H3. The first-order valence-corrected chi connectivity index (χ1v) is 7.69. The molecule has 1 N–H and O–H groups in total. The summed E-state index contributed by atoms with van der Waals surface area (Å²) in [7, 11) is 1.76. The number of hydrogen-bond donors (Lipinski definition) is 1. The molecular weight excluding hydrogens is 248 g/mol. The second kappa shape index (κ2) is 8.98. The lowest BCUT2D eigenvalue weighted by molar-refractivity contribution is 0.182. The highest BCUT2D eigenvalue weighted by molar-refractivity contribution is 5.51. The van der Waals surface area contributed by atoms with E-state index < -0.39 is 0 Å². The average Bonchev–Trinajstić information content (AvgIpc) is 2.42. The van der Waals surface area contributed by atoms with Crippen molar-refractivity contribution in [3.63, 3.8) is 0 Å². The maximum Gasteiger partial charge on any atom is 0.0663 e. The minimum atomic E-state index is 0.397. The summed E-state index contributed by atoms with van der Waals surface area (Å²) in [5.41, 5.74) is 4.03. The van der Waals surface area contributed by atoms with Gasteiger partial charge in [0.05, 0.1) is 6.61 Å². The molecule has 3 nitrogen and oxygen atoms in total. The van der Waals surface area contributed by atoms with Crippen molar-refractivity contribution in [3.8, 4) is 0 Å². The van der Waals surface area contributed by atoms with Crippen molar-refractivity contribution < 1.29 is 4.74 Å². The monoisotopic (exact) mass is 278 g/mol. The van der Waals surface area contributed by atoms with E-state index >= 15 is 0 Å². The molecule has 1 aromatic carbocycles. The van der Waals surface area contributed by atoms with Gasteiger partial charge in [0.1, 0.15) is 0 Å². The third-order valence-corrected chi connectivity index (χ3v) is 3.68. The molecule has 0 saturated heterocycles. The van der Waals surface area contributed by atoms with E-state index in [9.17, 15) is 0 Å². The van der Waals surface area contributed by atoms with Crippen LogP contribution in [0.4, 0.5) is 5.69 Å². The Bertz CT molecular complexity index is 393. The summed E-state index contributed by atoms with van der Waals surface area (Å²) in [6.45, 7) is 12.6. The van der Waals surface area contributed by atoms with Crippen LogP contribution in [0.25, 0.3) is 0 Å². The van der Waals surface area contributed by atoms with Gasteiger partial charge >= 0.3 is 0 Å². The van der Waals surface area contributed by atoms with Gasteiger partial charge in [-0.1, -0.05) is 13.0 Å². The number of rotatable bonds is 9. The number of ether oxygens (including phenoxy) is 1. The quantitative estimate of drug-likeness (QED) is 0.701. The van der Waals surface area contributed by atoms with Crippen LogP contribution in [0.2, 0.25) is 0 Å².